The van der Waals surface area contributed by atoms with Crippen LogP contribution in [0.5, 0.6) is 0 Å². The van der Waals surface area contributed by atoms with E-state index in [1.807, 2.05) is 49.4 Å². The summed E-state index contributed by atoms with van der Waals surface area (Å²) in [5.41, 5.74) is 0.966. The van der Waals surface area contributed by atoms with E-state index in [0.29, 0.717) is 13.0 Å². The third-order valence-corrected chi connectivity index (χ3v) is 6.87. The average molecular weight is 442 g/mol. The summed E-state index contributed by atoms with van der Waals surface area (Å²) in [5, 5.41) is 15.7. The summed E-state index contributed by atoms with van der Waals surface area (Å²) in [6, 6.07) is 8.38. The Morgan fingerprint density at radius 1 is 1.12 bits per heavy atom. The maximum Gasteiger partial charge on any atom is 0.243 e. The molecule has 7 nitrogen and oxygen atoms in total. The van der Waals surface area contributed by atoms with Crippen LogP contribution in [0.25, 0.3) is 0 Å². The number of rotatable bonds is 9. The van der Waals surface area contributed by atoms with Crippen molar-refractivity contribution >= 4 is 17.7 Å². The molecule has 3 N–H and O–H groups in total. The summed E-state index contributed by atoms with van der Waals surface area (Å²) in [7, 11) is 1.59. The fourth-order valence-electron chi connectivity index (χ4n) is 5.28. The molecule has 0 spiro atoms. The minimum atomic E-state index is -0.751. The molecule has 0 radical (unpaired) electrons. The number of aliphatic hydroxyl groups excluding tert-OH is 1. The zero-order chi connectivity index (χ0) is 23.3. The van der Waals surface area contributed by atoms with Crippen LogP contribution in [0.1, 0.15) is 38.7 Å². The van der Waals surface area contributed by atoms with Crippen molar-refractivity contribution in [3.8, 4) is 0 Å². The Kier molecular flexibility index (Phi) is 8.07. The number of nitrogens with one attached hydrogen (secondary N) is 2. The lowest BCUT2D eigenvalue weighted by Crippen LogP contribution is -2.52. The van der Waals surface area contributed by atoms with E-state index in [9.17, 15) is 19.5 Å². The summed E-state index contributed by atoms with van der Waals surface area (Å²) in [4.78, 5) is 41.5. The van der Waals surface area contributed by atoms with E-state index < -0.39 is 29.8 Å². The summed E-state index contributed by atoms with van der Waals surface area (Å²) >= 11 is 0. The number of hydrogen-bond donors (Lipinski definition) is 3. The molecule has 3 rings (SSSR count). The van der Waals surface area contributed by atoms with Gasteiger partial charge in [-0.15, -0.1) is 0 Å². The Morgan fingerprint density at radius 3 is 2.44 bits per heavy atom. The third kappa shape index (κ3) is 4.58. The van der Waals surface area contributed by atoms with Crippen molar-refractivity contribution < 1.29 is 19.5 Å². The minimum Gasteiger partial charge on any atom is -0.394 e. The van der Waals surface area contributed by atoms with E-state index in [0.717, 1.165) is 18.4 Å². The molecule has 1 aromatic rings. The van der Waals surface area contributed by atoms with Crippen LogP contribution in [0, 0.1) is 23.7 Å². The standard InChI is InChI=1S/C25H35N3O4/c1-4-9-17-12-13-19-21(20(17)23(30)26-3)25(32)28(18(5-2)15-29)22(19)24(31)27-14-16-10-7-6-8-11-16/h6-8,10-13,17-22,29H,4-5,9,14-15H2,1-3H3,(H,26,30)(H,27,31)/t17-,18+,19+,20-,21+,22+/m1/s1. The van der Waals surface area contributed by atoms with Crippen molar-refractivity contribution in [1.82, 2.24) is 15.5 Å². The van der Waals surface area contributed by atoms with Crippen molar-refractivity contribution in [1.29, 1.82) is 0 Å². The molecule has 1 fully saturated rings. The van der Waals surface area contributed by atoms with Crippen LogP contribution >= 0.6 is 0 Å². The van der Waals surface area contributed by atoms with Gasteiger partial charge in [-0.2, -0.15) is 0 Å². The molecule has 3 amide bonds. The molecule has 1 saturated heterocycles. The third-order valence-electron chi connectivity index (χ3n) is 6.87. The van der Waals surface area contributed by atoms with Crippen LogP contribution in [0.4, 0.5) is 0 Å². The number of nitrogens with zero attached hydrogens (tertiary/aromatic N) is 1. The molecule has 1 aliphatic carbocycles. The lowest BCUT2D eigenvalue weighted by atomic mass is 9.68. The number of amides is 3. The largest absolute Gasteiger partial charge is 0.394 e. The molecule has 1 aliphatic heterocycles. The quantitative estimate of drug-likeness (QED) is 0.510. The van der Waals surface area contributed by atoms with Gasteiger partial charge in [0.25, 0.3) is 0 Å². The van der Waals surface area contributed by atoms with Crippen LogP contribution in [-0.2, 0) is 20.9 Å². The normalized spacial score (nSPS) is 27.7. The Balaban J connectivity index is 1.95. The van der Waals surface area contributed by atoms with E-state index >= 15 is 0 Å². The highest BCUT2D eigenvalue weighted by atomic mass is 16.3. The lowest BCUT2D eigenvalue weighted by molar-refractivity contribution is -0.143. The minimum absolute atomic E-state index is 0.0488. The van der Waals surface area contributed by atoms with Crippen LogP contribution in [0.2, 0.25) is 0 Å². The molecule has 7 heteroatoms. The van der Waals surface area contributed by atoms with Gasteiger partial charge >= 0.3 is 0 Å². The molecule has 0 aromatic heterocycles. The van der Waals surface area contributed by atoms with Gasteiger partial charge in [0.1, 0.15) is 6.04 Å². The number of likely N-dealkylation sites (tertiary alicyclic amines) is 1. The summed E-state index contributed by atoms with van der Waals surface area (Å²) < 4.78 is 0. The Hall–Kier alpha value is -2.67. The smallest absolute Gasteiger partial charge is 0.243 e. The van der Waals surface area contributed by atoms with Gasteiger partial charge in [0.2, 0.25) is 17.7 Å². The predicted molar refractivity (Wildman–Crippen MR) is 122 cm³/mol. The van der Waals surface area contributed by atoms with E-state index in [-0.39, 0.29) is 30.2 Å². The van der Waals surface area contributed by atoms with Gasteiger partial charge in [-0.3, -0.25) is 14.4 Å². The average Bonchev–Trinajstić information content (AvgIpc) is 3.11. The first kappa shape index (κ1) is 24.0. The molecule has 1 aromatic carbocycles. The molecular weight excluding hydrogens is 406 g/mol. The molecule has 32 heavy (non-hydrogen) atoms. The molecule has 0 saturated carbocycles. The second-order valence-electron chi connectivity index (χ2n) is 8.72. The van der Waals surface area contributed by atoms with Gasteiger partial charge in [-0.25, -0.2) is 0 Å². The first-order valence-corrected chi connectivity index (χ1v) is 11.6. The van der Waals surface area contributed by atoms with E-state index in [1.54, 1.807) is 11.9 Å². The summed E-state index contributed by atoms with van der Waals surface area (Å²) in [6.07, 6.45) is 6.19. The van der Waals surface area contributed by atoms with Crippen LogP contribution < -0.4 is 10.6 Å². The fraction of sp³-hybridized carbons (Fsp3) is 0.560. The maximum absolute atomic E-state index is 13.7. The fourth-order valence-corrected chi connectivity index (χ4v) is 5.28. The number of carbonyl (C=O) groups excluding carboxylic acids is 3. The SMILES string of the molecule is CCC[C@@H]1C=C[C@H]2[C@H](C(=O)N([C@@H](CC)CO)[C@@H]2C(=O)NCc2ccccc2)[C@@H]1C(=O)NC. The van der Waals surface area contributed by atoms with E-state index in [2.05, 4.69) is 17.6 Å². The monoisotopic (exact) mass is 441 g/mol. The van der Waals surface area contributed by atoms with E-state index in [4.69, 9.17) is 0 Å². The van der Waals surface area contributed by atoms with E-state index in [1.165, 1.54) is 0 Å². The Morgan fingerprint density at radius 2 is 1.84 bits per heavy atom. The van der Waals surface area contributed by atoms with Crippen molar-refractivity contribution in [3.63, 3.8) is 0 Å². The number of aliphatic hydroxyl groups is 1. The predicted octanol–water partition coefficient (Wildman–Crippen LogP) is 1.87. The molecule has 1 heterocycles. The van der Waals surface area contributed by atoms with Crippen molar-refractivity contribution in [2.24, 2.45) is 23.7 Å². The number of carbonyl (C=O) groups is 3. The highest BCUT2D eigenvalue weighted by Gasteiger charge is 2.58. The second-order valence-corrected chi connectivity index (χ2v) is 8.72. The molecule has 0 unspecified atom stereocenters. The van der Waals surface area contributed by atoms with Crippen molar-refractivity contribution in [2.75, 3.05) is 13.7 Å². The molecule has 2 aliphatic rings. The van der Waals surface area contributed by atoms with Gasteiger partial charge < -0.3 is 20.6 Å². The van der Waals surface area contributed by atoms with Gasteiger partial charge in [0, 0.05) is 19.5 Å². The maximum atomic E-state index is 13.7. The van der Waals surface area contributed by atoms with Gasteiger partial charge in [0.15, 0.2) is 0 Å². The molecule has 6 atom stereocenters. The molecular formula is C25H35N3O4. The number of fused-ring (bicyclic) bond motifs is 1. The number of benzene rings is 1. The topological polar surface area (TPSA) is 98.7 Å². The second kappa shape index (κ2) is 10.8. The summed E-state index contributed by atoms with van der Waals surface area (Å²) in [6.45, 7) is 4.08. The van der Waals surface area contributed by atoms with Crippen LogP contribution in [0.3, 0.4) is 0 Å². The Bertz CT molecular complexity index is 837. The van der Waals surface area contributed by atoms with Gasteiger partial charge in [-0.05, 0) is 24.3 Å². The van der Waals surface area contributed by atoms with Crippen LogP contribution in [-0.4, -0.2) is 53.5 Å². The zero-order valence-electron chi connectivity index (χ0n) is 19.2. The first-order chi connectivity index (χ1) is 15.5. The zero-order valence-corrected chi connectivity index (χ0v) is 19.2. The highest BCUT2D eigenvalue weighted by molar-refractivity contribution is 5.97. The highest BCUT2D eigenvalue weighted by Crippen LogP contribution is 2.46. The molecule has 0 bridgehead atoms. The van der Waals surface area contributed by atoms with Crippen molar-refractivity contribution in [2.45, 2.75) is 51.7 Å². The van der Waals surface area contributed by atoms with Gasteiger partial charge in [0.05, 0.1) is 24.5 Å². The summed E-state index contributed by atoms with van der Waals surface area (Å²) in [5.74, 6) is -2.22. The van der Waals surface area contributed by atoms with Gasteiger partial charge in [-0.1, -0.05) is 62.8 Å². The van der Waals surface area contributed by atoms with Crippen LogP contribution in [0.15, 0.2) is 42.5 Å². The number of hydrogen-bond acceptors (Lipinski definition) is 4. The first-order valence-electron chi connectivity index (χ1n) is 11.6. The Labute approximate surface area is 190 Å². The lowest BCUT2D eigenvalue weighted by Gasteiger charge is -2.34. The number of allylic oxidation sites excluding steroid dienone is 1. The van der Waals surface area contributed by atoms with Crippen molar-refractivity contribution in [3.05, 3.63) is 48.0 Å². The molecule has 174 valence electrons.